The number of azo groups is 3. The van der Waals surface area contributed by atoms with Gasteiger partial charge < -0.3 is 25.0 Å². The Morgan fingerprint density at radius 1 is 0.508 bits per heavy atom. The lowest BCUT2D eigenvalue weighted by atomic mass is 10.1. The summed E-state index contributed by atoms with van der Waals surface area (Å²) >= 11 is 0. The second kappa shape index (κ2) is 17.6. The Bertz CT molecular complexity index is 3510. The number of aromatic hydroxyl groups is 2. The Labute approximate surface area is 370 Å². The standard InChI is InChI=1S/C42H35N7O13S3/c1-22-12-33(37(61-3)21-32(22)45-48-35-18-28(63(52,53)54)15-25-16-29(64(55,56)57)19-36(50)40(25)35)46-44-31-20-38(62-4)34(13-23(31)2)47-49-41-39(65(58,59)60)17-24-14-27(10-11-30(24)42(41)51)43-26-8-6-5-7-9-26/h5-21,43,50-51H,1-4H3,(H,52,53,54)(H,55,56,57)(H,58,59,60). The molecule has 20 nitrogen and oxygen atoms in total. The van der Waals surface area contributed by atoms with Crippen LogP contribution in [0, 0.1) is 13.8 Å². The first kappa shape index (κ1) is 45.6. The van der Waals surface area contributed by atoms with E-state index < -0.39 is 62.2 Å². The minimum atomic E-state index is -4.91. The highest BCUT2D eigenvalue weighted by atomic mass is 32.2. The molecule has 0 saturated carbocycles. The van der Waals surface area contributed by atoms with Crippen molar-refractivity contribution >= 4 is 97.4 Å². The summed E-state index contributed by atoms with van der Waals surface area (Å²) in [5, 5.41) is 50.5. The number of phenolic OH excluding ortho intramolecular Hbond substituents is 2. The number of para-hydroxylation sites is 1. The molecule has 65 heavy (non-hydrogen) atoms. The lowest BCUT2D eigenvalue weighted by molar-refractivity contribution is 0.415. The molecule has 7 aromatic carbocycles. The van der Waals surface area contributed by atoms with Gasteiger partial charge in [-0.25, -0.2) is 0 Å². The number of methoxy groups -OCH3 is 2. The first-order valence-corrected chi connectivity index (χ1v) is 22.9. The fourth-order valence-electron chi connectivity index (χ4n) is 6.55. The second-order valence-corrected chi connectivity index (χ2v) is 18.4. The average Bonchev–Trinajstić information content (AvgIpc) is 3.24. The molecule has 0 spiro atoms. The van der Waals surface area contributed by atoms with E-state index in [0.717, 1.165) is 30.0 Å². The summed E-state index contributed by atoms with van der Waals surface area (Å²) in [6.45, 7) is 3.32. The molecule has 0 aliphatic heterocycles. The molecule has 0 bridgehead atoms. The summed E-state index contributed by atoms with van der Waals surface area (Å²) in [5.41, 5.74) is 2.38. The lowest BCUT2D eigenvalue weighted by Crippen LogP contribution is -2.00. The Morgan fingerprint density at radius 3 is 1.57 bits per heavy atom. The van der Waals surface area contributed by atoms with Crippen LogP contribution in [0.4, 0.5) is 45.5 Å². The van der Waals surface area contributed by atoms with Crippen LogP contribution in [-0.4, -0.2) is 63.3 Å². The van der Waals surface area contributed by atoms with Gasteiger partial charge in [-0.1, -0.05) is 18.2 Å². The van der Waals surface area contributed by atoms with Crippen LogP contribution in [0.5, 0.6) is 23.0 Å². The summed E-state index contributed by atoms with van der Waals surface area (Å²) in [4.78, 5) is -2.11. The number of rotatable bonds is 13. The van der Waals surface area contributed by atoms with Gasteiger partial charge in [0.1, 0.15) is 39.2 Å². The molecule has 0 aliphatic carbocycles. The number of benzene rings is 7. The van der Waals surface area contributed by atoms with E-state index in [4.69, 9.17) is 9.47 Å². The summed E-state index contributed by atoms with van der Waals surface area (Å²) in [7, 11) is -11.9. The van der Waals surface area contributed by atoms with Crippen LogP contribution in [-0.2, 0) is 30.4 Å². The Morgan fingerprint density at radius 2 is 1.03 bits per heavy atom. The van der Waals surface area contributed by atoms with Crippen LogP contribution in [0.2, 0.25) is 0 Å². The van der Waals surface area contributed by atoms with Crippen molar-refractivity contribution in [2.24, 2.45) is 30.7 Å². The van der Waals surface area contributed by atoms with Crippen molar-refractivity contribution in [1.82, 2.24) is 0 Å². The fraction of sp³-hybridized carbons (Fsp3) is 0.0952. The zero-order chi connectivity index (χ0) is 47.0. The number of nitrogens with one attached hydrogen (secondary N) is 1. The molecule has 0 radical (unpaired) electrons. The smallest absolute Gasteiger partial charge is 0.296 e. The summed E-state index contributed by atoms with van der Waals surface area (Å²) in [5.74, 6) is -0.933. The Kier molecular flexibility index (Phi) is 12.4. The zero-order valence-corrected chi connectivity index (χ0v) is 36.7. The van der Waals surface area contributed by atoms with Gasteiger partial charge in [-0.3, -0.25) is 13.7 Å². The highest BCUT2D eigenvalue weighted by Gasteiger charge is 2.24. The number of phenols is 2. The summed E-state index contributed by atoms with van der Waals surface area (Å²) < 4.78 is 113. The molecule has 0 heterocycles. The molecular weight excluding hydrogens is 907 g/mol. The van der Waals surface area contributed by atoms with Crippen molar-refractivity contribution in [3.63, 3.8) is 0 Å². The van der Waals surface area contributed by atoms with Gasteiger partial charge in [0.2, 0.25) is 0 Å². The molecule has 23 heteroatoms. The fourth-order valence-corrected chi connectivity index (χ4v) is 8.28. The molecule has 334 valence electrons. The van der Waals surface area contributed by atoms with E-state index in [9.17, 15) is 49.1 Å². The van der Waals surface area contributed by atoms with Crippen LogP contribution < -0.4 is 14.8 Å². The Hall–Kier alpha value is -7.41. The third-order valence-corrected chi connectivity index (χ3v) is 12.3. The van der Waals surface area contributed by atoms with Gasteiger partial charge in [0, 0.05) is 35.0 Å². The molecule has 7 aromatic rings. The summed E-state index contributed by atoms with van der Waals surface area (Å²) in [6.07, 6.45) is 0. The monoisotopic (exact) mass is 941 g/mol. The van der Waals surface area contributed by atoms with Crippen molar-refractivity contribution in [2.75, 3.05) is 19.5 Å². The molecule has 0 aliphatic rings. The van der Waals surface area contributed by atoms with Crippen LogP contribution in [0.15, 0.2) is 149 Å². The van der Waals surface area contributed by atoms with E-state index in [1.807, 2.05) is 30.3 Å². The van der Waals surface area contributed by atoms with E-state index in [1.165, 1.54) is 38.5 Å². The van der Waals surface area contributed by atoms with Crippen molar-refractivity contribution in [3.05, 3.63) is 114 Å². The maximum atomic E-state index is 12.6. The van der Waals surface area contributed by atoms with Crippen LogP contribution in [0.3, 0.4) is 0 Å². The summed E-state index contributed by atoms with van der Waals surface area (Å²) in [6, 6.07) is 24.7. The van der Waals surface area contributed by atoms with Crippen molar-refractivity contribution in [3.8, 4) is 23.0 Å². The number of hydrogen-bond donors (Lipinski definition) is 6. The van der Waals surface area contributed by atoms with E-state index in [2.05, 4.69) is 36.0 Å². The molecule has 0 atom stereocenters. The average molecular weight is 942 g/mol. The third-order valence-electron chi connectivity index (χ3n) is 9.73. The van der Waals surface area contributed by atoms with Crippen LogP contribution in [0.1, 0.15) is 11.1 Å². The molecule has 0 aromatic heterocycles. The quantitative estimate of drug-likeness (QED) is 0.0463. The minimum Gasteiger partial charge on any atom is -0.507 e. The van der Waals surface area contributed by atoms with Crippen molar-refractivity contribution < 1.29 is 58.6 Å². The number of nitrogens with zero attached hydrogens (tertiary/aromatic N) is 6. The van der Waals surface area contributed by atoms with Gasteiger partial charge in [-0.2, -0.15) is 35.5 Å². The molecule has 0 amide bonds. The normalized spacial score (nSPS) is 12.5. The highest BCUT2D eigenvalue weighted by Crippen LogP contribution is 2.45. The first-order valence-electron chi connectivity index (χ1n) is 18.6. The molecule has 7 rings (SSSR count). The number of hydrogen-bond acceptors (Lipinski definition) is 17. The van der Waals surface area contributed by atoms with Gasteiger partial charge in [0.25, 0.3) is 30.4 Å². The molecule has 0 unspecified atom stereocenters. The van der Waals surface area contributed by atoms with Crippen molar-refractivity contribution in [2.45, 2.75) is 28.5 Å². The van der Waals surface area contributed by atoms with Gasteiger partial charge in [-0.05, 0) is 102 Å². The number of fused-ring (bicyclic) bond motifs is 2. The minimum absolute atomic E-state index is 0.109. The lowest BCUT2D eigenvalue weighted by Gasteiger charge is -2.12. The highest BCUT2D eigenvalue weighted by molar-refractivity contribution is 7.86. The number of anilines is 2. The molecule has 6 N–H and O–H groups in total. The SMILES string of the molecule is COc1cc(N=Nc2cc(S(=O)(=O)O)cc3cc(S(=O)(=O)O)cc(O)c23)c(C)cc1N=Nc1cc(OC)c(N=Nc2c(S(=O)(=O)O)cc3cc(Nc4ccccc4)ccc3c2O)cc1C. The maximum absolute atomic E-state index is 12.6. The predicted octanol–water partition coefficient (Wildman–Crippen LogP) is 10.8. The van der Waals surface area contributed by atoms with E-state index in [-0.39, 0.29) is 50.4 Å². The van der Waals surface area contributed by atoms with Gasteiger partial charge in [0.05, 0.1) is 46.5 Å². The largest absolute Gasteiger partial charge is 0.507 e. The first-order chi connectivity index (χ1) is 30.6. The molecule has 0 fully saturated rings. The number of aryl methyl sites for hydroxylation is 2. The number of ether oxygens (including phenoxy) is 2. The predicted molar refractivity (Wildman–Crippen MR) is 238 cm³/mol. The van der Waals surface area contributed by atoms with E-state index >= 15 is 0 Å². The zero-order valence-electron chi connectivity index (χ0n) is 34.2. The van der Waals surface area contributed by atoms with E-state index in [0.29, 0.717) is 27.9 Å². The van der Waals surface area contributed by atoms with E-state index in [1.54, 1.807) is 38.1 Å². The van der Waals surface area contributed by atoms with Crippen molar-refractivity contribution in [1.29, 1.82) is 0 Å². The van der Waals surface area contributed by atoms with Gasteiger partial charge >= 0.3 is 0 Å². The second-order valence-electron chi connectivity index (χ2n) is 14.1. The maximum Gasteiger partial charge on any atom is 0.296 e. The van der Waals surface area contributed by atoms with Crippen LogP contribution in [0.25, 0.3) is 21.5 Å². The topological polar surface area (TPSA) is 308 Å². The van der Waals surface area contributed by atoms with Crippen LogP contribution >= 0.6 is 0 Å². The molecular formula is C42H35N7O13S3. The molecule has 0 saturated heterocycles. The van der Waals surface area contributed by atoms with Gasteiger partial charge in [0.15, 0.2) is 5.75 Å². The Balaban J connectivity index is 1.19. The third kappa shape index (κ3) is 9.89. The van der Waals surface area contributed by atoms with Gasteiger partial charge in [-0.15, -0.1) is 20.5 Å².